The van der Waals surface area contributed by atoms with Gasteiger partial charge in [-0.3, -0.25) is 0 Å². The Kier molecular flexibility index (Phi) is 6.83. The summed E-state index contributed by atoms with van der Waals surface area (Å²) < 4.78 is 6.23. The van der Waals surface area contributed by atoms with Gasteiger partial charge in [-0.2, -0.15) is 0 Å². The summed E-state index contributed by atoms with van der Waals surface area (Å²) in [4.78, 5) is 0. The minimum absolute atomic E-state index is 0.107. The molecule has 2 unspecified atom stereocenters. The summed E-state index contributed by atoms with van der Waals surface area (Å²) in [6.45, 7) is 29.0. The summed E-state index contributed by atoms with van der Waals surface area (Å²) in [5, 5.41) is 1.73. The van der Waals surface area contributed by atoms with E-state index in [1.165, 1.54) is 21.9 Å². The third-order valence-electron chi connectivity index (χ3n) is 7.39. The van der Waals surface area contributed by atoms with E-state index in [0.29, 0.717) is 11.5 Å². The fourth-order valence-corrected chi connectivity index (χ4v) is 8.10. The highest BCUT2D eigenvalue weighted by Gasteiger charge is 2.42. The van der Waals surface area contributed by atoms with Gasteiger partial charge in [-0.05, 0) is 33.7 Å². The van der Waals surface area contributed by atoms with Gasteiger partial charge in [0.05, 0.1) is 23.3 Å². The Hall–Kier alpha value is -1.07. The lowest BCUT2D eigenvalue weighted by Crippen LogP contribution is -2.50. The van der Waals surface area contributed by atoms with Gasteiger partial charge in [0.1, 0.15) is 5.75 Å². The number of hydrogen-bond donors (Lipinski definition) is 0. The maximum atomic E-state index is 6.23. The molecule has 0 saturated heterocycles. The maximum absolute atomic E-state index is 6.23. The van der Waals surface area contributed by atoms with Crippen molar-refractivity contribution >= 4 is 21.3 Å². The first-order valence-corrected chi connectivity index (χ1v) is 18.1. The summed E-state index contributed by atoms with van der Waals surface area (Å²) >= 11 is 0. The average molecular weight is 443 g/mol. The van der Waals surface area contributed by atoms with Crippen LogP contribution in [0.25, 0.3) is 0 Å². The van der Waals surface area contributed by atoms with Crippen molar-refractivity contribution in [1.82, 2.24) is 0 Å². The number of benzene rings is 1. The smallest absolute Gasteiger partial charge is 0.121 e. The Morgan fingerprint density at radius 1 is 0.933 bits per heavy atom. The molecule has 1 aliphatic rings. The predicted octanol–water partition coefficient (Wildman–Crippen LogP) is 8.05. The van der Waals surface area contributed by atoms with Crippen molar-refractivity contribution in [3.63, 3.8) is 0 Å². The lowest BCUT2D eigenvalue weighted by atomic mass is 9.72. The first-order chi connectivity index (χ1) is 13.4. The average Bonchev–Trinajstić information content (AvgIpc) is 3.01. The third kappa shape index (κ3) is 4.88. The molecule has 0 aliphatic heterocycles. The van der Waals surface area contributed by atoms with E-state index in [9.17, 15) is 0 Å². The number of ether oxygens (including phenoxy) is 1. The summed E-state index contributed by atoms with van der Waals surface area (Å²) in [6.07, 6.45) is 7.43. The highest BCUT2D eigenvalue weighted by Crippen LogP contribution is 2.49. The van der Waals surface area contributed by atoms with Gasteiger partial charge < -0.3 is 4.74 Å². The van der Waals surface area contributed by atoms with Gasteiger partial charge in [-0.15, -0.1) is 0 Å². The van der Waals surface area contributed by atoms with Crippen LogP contribution in [0.3, 0.4) is 0 Å². The first-order valence-electron chi connectivity index (χ1n) is 11.5. The van der Waals surface area contributed by atoms with E-state index in [2.05, 4.69) is 112 Å². The minimum Gasteiger partial charge on any atom is -0.497 e. The fourth-order valence-electron chi connectivity index (χ4n) is 4.52. The number of methoxy groups -OCH3 is 1. The molecule has 1 aromatic carbocycles. The number of aryl methyl sites for hydroxylation is 1. The van der Waals surface area contributed by atoms with Gasteiger partial charge in [0.15, 0.2) is 0 Å². The van der Waals surface area contributed by atoms with Gasteiger partial charge in [-0.1, -0.05) is 110 Å². The van der Waals surface area contributed by atoms with Crippen LogP contribution in [-0.2, 0) is 0 Å². The van der Waals surface area contributed by atoms with Gasteiger partial charge in [-0.25, -0.2) is 0 Å². The molecule has 0 amide bonds. The van der Waals surface area contributed by atoms with Crippen molar-refractivity contribution in [2.75, 3.05) is 7.11 Å². The second-order valence-electron chi connectivity index (χ2n) is 13.0. The van der Waals surface area contributed by atoms with Gasteiger partial charge in [0.2, 0.25) is 0 Å². The van der Waals surface area contributed by atoms with E-state index in [4.69, 9.17) is 4.74 Å². The molecule has 1 nitrogen and oxygen atoms in total. The molecule has 0 radical (unpaired) electrons. The summed E-state index contributed by atoms with van der Waals surface area (Å²) in [5.74, 6) is 1.46. The third-order valence-corrected chi connectivity index (χ3v) is 15.2. The fraction of sp³-hybridized carbons (Fsp3) is 0.630. The molecule has 1 aliphatic carbocycles. The van der Waals surface area contributed by atoms with Crippen LogP contribution >= 0.6 is 0 Å². The van der Waals surface area contributed by atoms with E-state index < -0.39 is 16.1 Å². The van der Waals surface area contributed by atoms with Crippen molar-refractivity contribution < 1.29 is 4.74 Å². The molecule has 0 spiro atoms. The topological polar surface area (TPSA) is 9.23 Å². The van der Waals surface area contributed by atoms with Crippen molar-refractivity contribution in [2.45, 2.75) is 97.7 Å². The van der Waals surface area contributed by atoms with Crippen LogP contribution in [-0.4, -0.2) is 23.3 Å². The molecular formula is C27H46OSi2. The molecule has 0 fully saturated rings. The molecule has 0 saturated carbocycles. The molecule has 1 aromatic rings. The summed E-state index contributed by atoms with van der Waals surface area (Å²) in [7, 11) is -1.14. The van der Waals surface area contributed by atoms with E-state index in [-0.39, 0.29) is 10.5 Å². The lowest BCUT2D eigenvalue weighted by molar-refractivity contribution is 0.341. The normalized spacial score (nSPS) is 19.1. The molecule has 0 heterocycles. The van der Waals surface area contributed by atoms with Gasteiger partial charge >= 0.3 is 0 Å². The minimum atomic E-state index is -1.75. The zero-order valence-corrected chi connectivity index (χ0v) is 23.9. The van der Waals surface area contributed by atoms with Crippen LogP contribution in [0.1, 0.15) is 58.6 Å². The monoisotopic (exact) mass is 442 g/mol. The predicted molar refractivity (Wildman–Crippen MR) is 141 cm³/mol. The highest BCUT2D eigenvalue weighted by molar-refractivity contribution is 6.92. The van der Waals surface area contributed by atoms with Crippen molar-refractivity contribution in [2.24, 2.45) is 5.41 Å². The zero-order valence-electron chi connectivity index (χ0n) is 21.9. The molecule has 30 heavy (non-hydrogen) atoms. The first kappa shape index (κ1) is 25.2. The van der Waals surface area contributed by atoms with E-state index in [1.54, 1.807) is 0 Å². The van der Waals surface area contributed by atoms with E-state index in [0.717, 1.165) is 5.75 Å². The van der Waals surface area contributed by atoms with E-state index in [1.807, 2.05) is 7.11 Å². The van der Waals surface area contributed by atoms with Crippen LogP contribution < -0.4 is 9.92 Å². The standard InChI is InChI=1S/C27H46OSi2/c1-19-16-22(25(28-8)23(17-19)30(12,13)27(5,6)7)24(26(2,3)4)20-14-15-21(18-20)29(9,10)11/h14-18,21,24H,1-13H3. The molecular weight excluding hydrogens is 396 g/mol. The van der Waals surface area contributed by atoms with Crippen LogP contribution in [0, 0.1) is 12.3 Å². The second kappa shape index (κ2) is 8.13. The quantitative estimate of drug-likeness (QED) is 0.419. The van der Waals surface area contributed by atoms with Crippen LogP contribution in [0.2, 0.25) is 43.3 Å². The maximum Gasteiger partial charge on any atom is 0.121 e. The Labute approximate surface area is 189 Å². The number of rotatable bonds is 5. The number of hydrogen-bond acceptors (Lipinski definition) is 1. The van der Waals surface area contributed by atoms with E-state index >= 15 is 0 Å². The molecule has 168 valence electrons. The van der Waals surface area contributed by atoms with Crippen LogP contribution in [0.4, 0.5) is 0 Å². The molecule has 0 bridgehead atoms. The Morgan fingerprint density at radius 2 is 1.50 bits per heavy atom. The van der Waals surface area contributed by atoms with Crippen LogP contribution in [0.5, 0.6) is 5.75 Å². The Balaban J connectivity index is 2.78. The summed E-state index contributed by atoms with van der Waals surface area (Å²) in [6, 6.07) is 4.80. The molecule has 0 aromatic heterocycles. The largest absolute Gasteiger partial charge is 0.497 e. The zero-order chi connectivity index (χ0) is 23.3. The van der Waals surface area contributed by atoms with Crippen molar-refractivity contribution in [3.05, 3.63) is 47.1 Å². The molecule has 2 atom stereocenters. The van der Waals surface area contributed by atoms with Gasteiger partial charge in [0.25, 0.3) is 0 Å². The number of allylic oxidation sites excluding steroid dienone is 4. The second-order valence-corrected chi connectivity index (χ2v) is 23.7. The Morgan fingerprint density at radius 3 is 1.90 bits per heavy atom. The molecule has 3 heteroatoms. The van der Waals surface area contributed by atoms with Crippen LogP contribution in [0.15, 0.2) is 35.9 Å². The van der Waals surface area contributed by atoms with Crippen molar-refractivity contribution in [1.29, 1.82) is 0 Å². The lowest BCUT2D eigenvalue weighted by Gasteiger charge is -2.40. The highest BCUT2D eigenvalue weighted by atomic mass is 28.3. The Bertz CT molecular complexity index is 839. The van der Waals surface area contributed by atoms with Gasteiger partial charge in [0, 0.05) is 11.5 Å². The molecule has 2 rings (SSSR count). The summed E-state index contributed by atoms with van der Waals surface area (Å²) in [5.41, 5.74) is 4.92. The SMILES string of the molecule is COc1c(C(C2=CC([Si](C)(C)C)C=C2)C(C)(C)C)cc(C)cc1[Si](C)(C)C(C)(C)C. The molecule has 0 N–H and O–H groups in total. The van der Waals surface area contributed by atoms with Crippen molar-refractivity contribution in [3.8, 4) is 5.75 Å².